The Balaban J connectivity index is 2.15. The van der Waals surface area contributed by atoms with E-state index in [4.69, 9.17) is 9.47 Å². The van der Waals surface area contributed by atoms with Gasteiger partial charge in [0.2, 0.25) is 0 Å². The smallest absolute Gasteiger partial charge is 0.331 e. The predicted molar refractivity (Wildman–Crippen MR) is 109 cm³/mol. The van der Waals surface area contributed by atoms with E-state index in [1.807, 2.05) is 20.8 Å². The minimum atomic E-state index is -0.571. The fourth-order valence-corrected chi connectivity index (χ4v) is 4.43. The molecule has 1 aliphatic carbocycles. The highest BCUT2D eigenvalue weighted by Gasteiger charge is 2.45. The Bertz CT molecular complexity index is 778. The number of rotatable bonds is 7. The van der Waals surface area contributed by atoms with Crippen LogP contribution in [0.5, 0.6) is 0 Å². The van der Waals surface area contributed by atoms with E-state index in [1.165, 1.54) is 0 Å². The van der Waals surface area contributed by atoms with Crippen molar-refractivity contribution in [3.05, 3.63) is 46.3 Å². The second-order valence-corrected chi connectivity index (χ2v) is 8.46. The van der Waals surface area contributed by atoms with Crippen LogP contribution in [0, 0.1) is 11.8 Å². The van der Waals surface area contributed by atoms with Gasteiger partial charge in [-0.05, 0) is 42.9 Å². The molecule has 0 amide bonds. The van der Waals surface area contributed by atoms with Crippen LogP contribution in [0.25, 0.3) is 0 Å². The van der Waals surface area contributed by atoms with E-state index in [0.29, 0.717) is 6.42 Å². The first-order valence-electron chi connectivity index (χ1n) is 10.6. The van der Waals surface area contributed by atoms with E-state index in [9.17, 15) is 9.59 Å². The summed E-state index contributed by atoms with van der Waals surface area (Å²) in [6, 6.07) is 0. The molecule has 2 heterocycles. The summed E-state index contributed by atoms with van der Waals surface area (Å²) >= 11 is 0. The average molecular weight is 385 g/mol. The largest absolute Gasteiger partial charge is 0.485 e. The zero-order chi connectivity index (χ0) is 20.4. The molecule has 3 aliphatic rings. The fourth-order valence-electron chi connectivity index (χ4n) is 4.43. The van der Waals surface area contributed by atoms with Gasteiger partial charge in [-0.1, -0.05) is 46.6 Å². The van der Waals surface area contributed by atoms with Gasteiger partial charge in [0, 0.05) is 23.6 Å². The molecule has 2 aliphatic heterocycles. The molecule has 3 atom stereocenters. The first-order chi connectivity index (χ1) is 13.4. The Labute approximate surface area is 168 Å². The standard InChI is InChI=1S/C24H32O4/c1-6-8-16-13-20(26)28-24-21(19(25)12-14(3)4)15(5)18-11-10-17(9-7-2)27-23(18)22(16)24/h10-11,13-14,17,21,24H,6-9,12H2,1-5H3. The van der Waals surface area contributed by atoms with Gasteiger partial charge in [0.05, 0.1) is 5.92 Å². The van der Waals surface area contributed by atoms with Gasteiger partial charge < -0.3 is 9.47 Å². The van der Waals surface area contributed by atoms with Crippen LogP contribution in [0.2, 0.25) is 0 Å². The molecule has 3 unspecified atom stereocenters. The molecule has 0 spiro atoms. The van der Waals surface area contributed by atoms with Gasteiger partial charge in [-0.25, -0.2) is 4.79 Å². The highest BCUT2D eigenvalue weighted by molar-refractivity contribution is 5.91. The van der Waals surface area contributed by atoms with E-state index < -0.39 is 12.0 Å². The summed E-state index contributed by atoms with van der Waals surface area (Å²) in [7, 11) is 0. The number of Topliss-reactive ketones (excluding diaryl/α,β-unsaturated/α-hetero) is 1. The molecule has 0 aromatic rings. The van der Waals surface area contributed by atoms with Crippen molar-refractivity contribution in [3.8, 4) is 0 Å². The summed E-state index contributed by atoms with van der Waals surface area (Å²) in [5.41, 5.74) is 3.80. The zero-order valence-corrected chi connectivity index (χ0v) is 17.7. The molecule has 0 bridgehead atoms. The number of carbonyl (C=O) groups excluding carboxylic acids is 2. The van der Waals surface area contributed by atoms with Crippen LogP contribution in [-0.2, 0) is 19.1 Å². The monoisotopic (exact) mass is 384 g/mol. The van der Waals surface area contributed by atoms with Crippen molar-refractivity contribution in [1.82, 2.24) is 0 Å². The normalized spacial score (nSPS) is 26.6. The molecular weight excluding hydrogens is 352 g/mol. The van der Waals surface area contributed by atoms with E-state index in [-0.39, 0.29) is 23.8 Å². The van der Waals surface area contributed by atoms with E-state index in [2.05, 4.69) is 26.0 Å². The lowest BCUT2D eigenvalue weighted by atomic mass is 9.72. The van der Waals surface area contributed by atoms with Crippen LogP contribution in [0.15, 0.2) is 46.3 Å². The second-order valence-electron chi connectivity index (χ2n) is 8.46. The molecule has 152 valence electrons. The minimum Gasteiger partial charge on any atom is -0.485 e. The fraction of sp³-hybridized carbons (Fsp3) is 0.583. The number of allylic oxidation sites excluding steroid dienone is 1. The van der Waals surface area contributed by atoms with E-state index in [1.54, 1.807) is 6.08 Å². The maximum Gasteiger partial charge on any atom is 0.331 e. The summed E-state index contributed by atoms with van der Waals surface area (Å²) < 4.78 is 12.1. The van der Waals surface area contributed by atoms with Gasteiger partial charge in [0.15, 0.2) is 0 Å². The SMILES string of the molecule is CCCC1=CC(=O)OC2C1=C1OC(CCC)C=CC1=C(C)C2C(=O)CC(C)C. The topological polar surface area (TPSA) is 52.6 Å². The molecule has 0 fully saturated rings. The third-order valence-electron chi connectivity index (χ3n) is 5.64. The van der Waals surface area contributed by atoms with Gasteiger partial charge in [0.1, 0.15) is 23.8 Å². The maximum absolute atomic E-state index is 13.2. The van der Waals surface area contributed by atoms with Crippen molar-refractivity contribution in [2.24, 2.45) is 11.8 Å². The number of esters is 1. The second kappa shape index (κ2) is 8.50. The number of hydrogen-bond donors (Lipinski definition) is 0. The van der Waals surface area contributed by atoms with E-state index >= 15 is 0 Å². The maximum atomic E-state index is 13.2. The van der Waals surface area contributed by atoms with Crippen LogP contribution < -0.4 is 0 Å². The van der Waals surface area contributed by atoms with Crippen LogP contribution >= 0.6 is 0 Å². The minimum absolute atomic E-state index is 0.0214. The first-order valence-corrected chi connectivity index (χ1v) is 10.6. The summed E-state index contributed by atoms with van der Waals surface area (Å²) in [6.45, 7) is 10.3. The van der Waals surface area contributed by atoms with Gasteiger partial charge in [-0.3, -0.25) is 4.79 Å². The molecule has 4 heteroatoms. The quantitative estimate of drug-likeness (QED) is 0.566. The van der Waals surface area contributed by atoms with Crippen molar-refractivity contribution < 1.29 is 19.1 Å². The third kappa shape index (κ3) is 3.87. The summed E-state index contributed by atoms with van der Waals surface area (Å²) in [6.07, 6.45) is 9.36. The number of ether oxygens (including phenoxy) is 2. The van der Waals surface area contributed by atoms with Crippen molar-refractivity contribution >= 4 is 11.8 Å². The lowest BCUT2D eigenvalue weighted by molar-refractivity contribution is -0.146. The lowest BCUT2D eigenvalue weighted by Gasteiger charge is -2.40. The molecule has 0 saturated carbocycles. The van der Waals surface area contributed by atoms with Gasteiger partial charge in [-0.2, -0.15) is 0 Å². The molecule has 4 nitrogen and oxygen atoms in total. The van der Waals surface area contributed by atoms with Crippen molar-refractivity contribution in [2.45, 2.75) is 78.9 Å². The molecule has 0 saturated heterocycles. The number of hydrogen-bond acceptors (Lipinski definition) is 4. The Morgan fingerprint density at radius 2 is 1.93 bits per heavy atom. The van der Waals surface area contributed by atoms with Crippen molar-refractivity contribution in [2.75, 3.05) is 0 Å². The number of fused-ring (bicyclic) bond motifs is 2. The number of carbonyl (C=O) groups is 2. The first kappa shape index (κ1) is 20.6. The van der Waals surface area contributed by atoms with Crippen LogP contribution in [0.4, 0.5) is 0 Å². The molecule has 3 rings (SSSR count). The lowest BCUT2D eigenvalue weighted by Crippen LogP contribution is -2.42. The molecule has 28 heavy (non-hydrogen) atoms. The summed E-state index contributed by atoms with van der Waals surface area (Å²) in [5.74, 6) is 0.418. The van der Waals surface area contributed by atoms with Crippen molar-refractivity contribution in [1.29, 1.82) is 0 Å². The molecule has 0 radical (unpaired) electrons. The van der Waals surface area contributed by atoms with Crippen LogP contribution in [0.3, 0.4) is 0 Å². The summed E-state index contributed by atoms with van der Waals surface area (Å²) in [4.78, 5) is 25.5. The predicted octanol–water partition coefficient (Wildman–Crippen LogP) is 5.21. The third-order valence-corrected chi connectivity index (χ3v) is 5.64. The Kier molecular flexibility index (Phi) is 6.26. The van der Waals surface area contributed by atoms with Gasteiger partial charge in [-0.15, -0.1) is 0 Å². The molecule has 0 aromatic carbocycles. The Morgan fingerprint density at radius 1 is 1.18 bits per heavy atom. The Morgan fingerprint density at radius 3 is 2.57 bits per heavy atom. The highest BCUT2D eigenvalue weighted by Crippen LogP contribution is 2.46. The zero-order valence-electron chi connectivity index (χ0n) is 17.7. The Hall–Kier alpha value is -2.10. The number of ketones is 1. The van der Waals surface area contributed by atoms with Gasteiger partial charge >= 0.3 is 5.97 Å². The highest BCUT2D eigenvalue weighted by atomic mass is 16.5. The van der Waals surface area contributed by atoms with E-state index in [0.717, 1.165) is 53.7 Å². The molecular formula is C24H32O4. The summed E-state index contributed by atoms with van der Waals surface area (Å²) in [5, 5.41) is 0. The van der Waals surface area contributed by atoms with Crippen molar-refractivity contribution in [3.63, 3.8) is 0 Å². The molecule has 0 aromatic heterocycles. The van der Waals surface area contributed by atoms with Crippen LogP contribution in [0.1, 0.15) is 66.7 Å². The molecule has 0 N–H and O–H groups in total. The van der Waals surface area contributed by atoms with Crippen LogP contribution in [-0.4, -0.2) is 24.0 Å². The average Bonchev–Trinajstić information content (AvgIpc) is 2.61. The van der Waals surface area contributed by atoms with Gasteiger partial charge in [0.25, 0.3) is 0 Å².